The zero-order valence-electron chi connectivity index (χ0n) is 16.3. The lowest BCUT2D eigenvalue weighted by Crippen LogP contribution is -2.50. The number of rotatable bonds is 6. The fourth-order valence-electron chi connectivity index (χ4n) is 2.96. The molecule has 1 aliphatic rings. The minimum Gasteiger partial charge on any atom is -0.476 e. The number of carbonyl (C=O) groups excluding carboxylic acids is 1. The molecule has 30 heavy (non-hydrogen) atoms. The molecule has 0 fully saturated rings. The van der Waals surface area contributed by atoms with E-state index in [1.807, 2.05) is 6.92 Å². The first-order chi connectivity index (χ1) is 14.1. The van der Waals surface area contributed by atoms with E-state index in [0.717, 1.165) is 16.6 Å². The van der Waals surface area contributed by atoms with Gasteiger partial charge in [-0.1, -0.05) is 30.7 Å². The Morgan fingerprint density at radius 3 is 2.57 bits per heavy atom. The first-order valence-corrected chi connectivity index (χ1v) is 12.8. The minimum absolute atomic E-state index is 0.127. The molecule has 11 heteroatoms. The zero-order chi connectivity index (χ0) is 22.1. The van der Waals surface area contributed by atoms with Gasteiger partial charge >= 0.3 is 0 Å². The van der Waals surface area contributed by atoms with E-state index in [1.54, 1.807) is 24.3 Å². The van der Waals surface area contributed by atoms with Gasteiger partial charge in [-0.25, -0.2) is 16.8 Å². The lowest BCUT2D eigenvalue weighted by atomic mass is 10.2. The quantitative estimate of drug-likeness (QED) is 0.690. The number of benzene rings is 2. The van der Waals surface area contributed by atoms with E-state index in [9.17, 15) is 21.6 Å². The molecule has 1 N–H and O–H groups in total. The number of ether oxygens (including phenoxy) is 1. The number of fused-ring (bicyclic) bond motifs is 1. The molecule has 2 aromatic carbocycles. The molecule has 0 aliphatic carbocycles. The second-order valence-electron chi connectivity index (χ2n) is 6.77. The van der Waals surface area contributed by atoms with E-state index in [-0.39, 0.29) is 32.8 Å². The maximum Gasteiger partial charge on any atom is 0.266 e. The summed E-state index contributed by atoms with van der Waals surface area (Å²) in [5, 5.41) is 2.57. The highest BCUT2D eigenvalue weighted by Gasteiger charge is 2.38. The fraction of sp³-hybridized carbons (Fsp3) is 0.316. The molecule has 0 radical (unpaired) electrons. The molecule has 0 aromatic heterocycles. The number of para-hydroxylation sites is 2. The van der Waals surface area contributed by atoms with Gasteiger partial charge in [0.25, 0.3) is 15.9 Å². The van der Waals surface area contributed by atoms with Crippen molar-refractivity contribution in [2.45, 2.75) is 29.2 Å². The van der Waals surface area contributed by atoms with Crippen LogP contribution in [0.25, 0.3) is 0 Å². The maximum atomic E-state index is 13.5. The third-order valence-electron chi connectivity index (χ3n) is 4.48. The van der Waals surface area contributed by atoms with Gasteiger partial charge < -0.3 is 10.1 Å². The zero-order valence-corrected chi connectivity index (χ0v) is 18.7. The van der Waals surface area contributed by atoms with Crippen LogP contribution in [0.3, 0.4) is 0 Å². The van der Waals surface area contributed by atoms with E-state index in [1.165, 1.54) is 12.1 Å². The number of halogens is 1. The Hall–Kier alpha value is -2.30. The van der Waals surface area contributed by atoms with Crippen molar-refractivity contribution < 1.29 is 26.4 Å². The number of sulfone groups is 1. The number of nitrogens with zero attached hydrogens (tertiary/aromatic N) is 1. The van der Waals surface area contributed by atoms with Crippen molar-refractivity contribution in [1.29, 1.82) is 0 Å². The molecule has 1 atom stereocenters. The number of amides is 1. The van der Waals surface area contributed by atoms with Crippen LogP contribution < -0.4 is 14.4 Å². The standard InChI is InChI=1S/C19H21ClN2O6S2/c1-3-10-21-19(23)17-12-22(15-6-4-5-7-16(15)28-17)30(26,27)18-11-13(29(2,24)25)8-9-14(18)20/h4-9,11,17H,3,10,12H2,1-2H3,(H,21,23)/t17-/m0/s1. The molecule has 0 bridgehead atoms. The van der Waals surface area contributed by atoms with Crippen molar-refractivity contribution >= 4 is 43.1 Å². The third kappa shape index (κ3) is 4.40. The van der Waals surface area contributed by atoms with Gasteiger partial charge in [-0.15, -0.1) is 0 Å². The van der Waals surface area contributed by atoms with E-state index in [0.29, 0.717) is 13.0 Å². The Bertz CT molecular complexity index is 1180. The van der Waals surface area contributed by atoms with Crippen LogP contribution in [0.2, 0.25) is 5.02 Å². The van der Waals surface area contributed by atoms with Crippen LogP contribution in [0.5, 0.6) is 5.75 Å². The predicted octanol–water partition coefficient (Wildman–Crippen LogP) is 2.23. The van der Waals surface area contributed by atoms with Crippen LogP contribution >= 0.6 is 11.6 Å². The van der Waals surface area contributed by atoms with E-state index >= 15 is 0 Å². The molecule has 3 rings (SSSR count). The van der Waals surface area contributed by atoms with E-state index < -0.39 is 31.9 Å². The molecule has 1 amide bonds. The second-order valence-corrected chi connectivity index (χ2v) is 11.0. The lowest BCUT2D eigenvalue weighted by Gasteiger charge is -2.34. The lowest BCUT2D eigenvalue weighted by molar-refractivity contribution is -0.127. The summed E-state index contributed by atoms with van der Waals surface area (Å²) in [6, 6.07) is 9.89. The fourth-order valence-corrected chi connectivity index (χ4v) is 5.66. The molecule has 0 saturated carbocycles. The van der Waals surface area contributed by atoms with Gasteiger partial charge in [-0.3, -0.25) is 9.10 Å². The second kappa shape index (κ2) is 8.44. The summed E-state index contributed by atoms with van der Waals surface area (Å²) in [4.78, 5) is 11.9. The highest BCUT2D eigenvalue weighted by atomic mass is 35.5. The summed E-state index contributed by atoms with van der Waals surface area (Å²) in [7, 11) is -7.96. The van der Waals surface area contributed by atoms with Gasteiger partial charge in [-0.05, 0) is 36.8 Å². The molecule has 2 aromatic rings. The van der Waals surface area contributed by atoms with Gasteiger partial charge in [0, 0.05) is 12.8 Å². The highest BCUT2D eigenvalue weighted by molar-refractivity contribution is 7.93. The Morgan fingerprint density at radius 1 is 1.20 bits per heavy atom. The first kappa shape index (κ1) is 22.4. The number of nitrogens with one attached hydrogen (secondary N) is 1. The van der Waals surface area contributed by atoms with Crippen molar-refractivity contribution in [3.8, 4) is 5.75 Å². The smallest absolute Gasteiger partial charge is 0.266 e. The van der Waals surface area contributed by atoms with Gasteiger partial charge in [0.2, 0.25) is 0 Å². The summed E-state index contributed by atoms with van der Waals surface area (Å²) >= 11 is 6.13. The van der Waals surface area contributed by atoms with E-state index in [2.05, 4.69) is 5.32 Å². The number of hydrogen-bond donors (Lipinski definition) is 1. The van der Waals surface area contributed by atoms with Crippen LogP contribution in [-0.2, 0) is 24.7 Å². The van der Waals surface area contributed by atoms with Crippen molar-refractivity contribution in [2.24, 2.45) is 0 Å². The Labute approximate surface area is 180 Å². The van der Waals surface area contributed by atoms with Gasteiger partial charge in [0.05, 0.1) is 22.2 Å². The molecule has 1 heterocycles. The van der Waals surface area contributed by atoms with Crippen molar-refractivity contribution in [3.63, 3.8) is 0 Å². The number of anilines is 1. The number of hydrogen-bond acceptors (Lipinski definition) is 6. The molecule has 0 spiro atoms. The maximum absolute atomic E-state index is 13.5. The molecular weight excluding hydrogens is 452 g/mol. The van der Waals surface area contributed by atoms with Gasteiger partial charge in [-0.2, -0.15) is 0 Å². The first-order valence-electron chi connectivity index (χ1n) is 9.11. The molecule has 8 nitrogen and oxygen atoms in total. The normalized spacial score (nSPS) is 16.5. The largest absolute Gasteiger partial charge is 0.476 e. The Kier molecular flexibility index (Phi) is 6.30. The molecule has 0 unspecified atom stereocenters. The van der Waals surface area contributed by atoms with E-state index in [4.69, 9.17) is 16.3 Å². The molecule has 1 aliphatic heterocycles. The van der Waals surface area contributed by atoms with Crippen molar-refractivity contribution in [3.05, 3.63) is 47.5 Å². The summed E-state index contributed by atoms with van der Waals surface area (Å²) < 4.78 is 57.6. The van der Waals surface area contributed by atoms with Crippen LogP contribution in [0.1, 0.15) is 13.3 Å². The monoisotopic (exact) mass is 472 g/mol. The summed E-state index contributed by atoms with van der Waals surface area (Å²) in [5.74, 6) is -0.220. The minimum atomic E-state index is -4.30. The molecule has 162 valence electrons. The summed E-state index contributed by atoms with van der Waals surface area (Å²) in [6.45, 7) is 2.04. The summed E-state index contributed by atoms with van der Waals surface area (Å²) in [6.07, 6.45) is 0.619. The topological polar surface area (TPSA) is 110 Å². The number of carbonyl (C=O) groups is 1. The average molecular weight is 473 g/mol. The predicted molar refractivity (Wildman–Crippen MR) is 113 cm³/mol. The average Bonchev–Trinajstić information content (AvgIpc) is 2.70. The summed E-state index contributed by atoms with van der Waals surface area (Å²) in [5.41, 5.74) is 0.234. The van der Waals surface area contributed by atoms with Crippen LogP contribution in [0.4, 0.5) is 5.69 Å². The third-order valence-corrected chi connectivity index (χ3v) is 7.85. The van der Waals surface area contributed by atoms with Gasteiger partial charge in [0.1, 0.15) is 10.6 Å². The molecular formula is C19H21ClN2O6S2. The molecule has 0 saturated heterocycles. The Balaban J connectivity index is 2.09. The van der Waals surface area contributed by atoms with Gasteiger partial charge in [0.15, 0.2) is 15.9 Å². The van der Waals surface area contributed by atoms with Crippen molar-refractivity contribution in [2.75, 3.05) is 23.7 Å². The van der Waals surface area contributed by atoms with Crippen LogP contribution in [0.15, 0.2) is 52.3 Å². The highest BCUT2D eigenvalue weighted by Crippen LogP contribution is 2.38. The van der Waals surface area contributed by atoms with Crippen molar-refractivity contribution in [1.82, 2.24) is 5.32 Å². The number of sulfonamides is 1. The van der Waals surface area contributed by atoms with Crippen LogP contribution in [0, 0.1) is 0 Å². The Morgan fingerprint density at radius 2 is 1.90 bits per heavy atom. The van der Waals surface area contributed by atoms with Crippen LogP contribution in [-0.4, -0.2) is 48.2 Å². The SMILES string of the molecule is CCCNC(=O)[C@@H]1CN(S(=O)(=O)c2cc(S(C)(=O)=O)ccc2Cl)c2ccccc2O1.